The Morgan fingerprint density at radius 2 is 1.76 bits per heavy atom. The summed E-state index contributed by atoms with van der Waals surface area (Å²) in [5, 5.41) is 11.9. The number of carbonyl (C=O) groups is 1. The van der Waals surface area contributed by atoms with Gasteiger partial charge in [0.1, 0.15) is 0 Å². The van der Waals surface area contributed by atoms with Crippen LogP contribution in [0.2, 0.25) is 5.02 Å². The molecule has 0 bridgehead atoms. The minimum absolute atomic E-state index is 0.0389. The third-order valence-electron chi connectivity index (χ3n) is 3.98. The van der Waals surface area contributed by atoms with Crippen LogP contribution in [-0.2, 0) is 27.9 Å². The molecule has 8 nitrogen and oxygen atoms in total. The summed E-state index contributed by atoms with van der Waals surface area (Å²) in [7, 11) is -0.392. The molecular weight excluding hydrogens is 414 g/mol. The first-order valence-corrected chi connectivity index (χ1v) is 10.7. The Hall–Kier alpha value is -2.62. The third-order valence-corrected chi connectivity index (χ3v) is 5.28. The molecule has 0 radical (unpaired) electrons. The van der Waals surface area contributed by atoms with Gasteiger partial charge in [0.05, 0.1) is 18.0 Å². The molecule has 0 heterocycles. The van der Waals surface area contributed by atoms with E-state index in [0.29, 0.717) is 17.5 Å². The van der Waals surface area contributed by atoms with Crippen molar-refractivity contribution in [3.05, 3.63) is 64.7 Å². The SMILES string of the molecule is CN(C)C(=O)CNC(=NCc1ccc(S(N)(=O)=O)cc1)NCc1ccccc1Cl. The average molecular weight is 438 g/mol. The molecule has 0 aromatic heterocycles. The Balaban J connectivity index is 2.10. The highest BCUT2D eigenvalue weighted by molar-refractivity contribution is 7.89. The minimum Gasteiger partial charge on any atom is -0.352 e. The number of nitrogens with zero attached hydrogens (tertiary/aromatic N) is 2. The second-order valence-corrected chi connectivity index (χ2v) is 8.41. The zero-order chi connectivity index (χ0) is 21.4. The number of aliphatic imine (C=N–C) groups is 1. The van der Waals surface area contributed by atoms with Crippen LogP contribution >= 0.6 is 11.6 Å². The van der Waals surface area contributed by atoms with Gasteiger partial charge < -0.3 is 15.5 Å². The number of nitrogens with one attached hydrogen (secondary N) is 2. The van der Waals surface area contributed by atoms with E-state index in [2.05, 4.69) is 15.6 Å². The molecule has 0 saturated heterocycles. The second kappa shape index (κ2) is 10.2. The van der Waals surface area contributed by atoms with Gasteiger partial charge >= 0.3 is 0 Å². The van der Waals surface area contributed by atoms with Crippen molar-refractivity contribution in [1.29, 1.82) is 0 Å². The summed E-state index contributed by atoms with van der Waals surface area (Å²) >= 11 is 6.18. The molecule has 0 saturated carbocycles. The summed E-state index contributed by atoms with van der Waals surface area (Å²) < 4.78 is 22.7. The number of hydrogen-bond acceptors (Lipinski definition) is 4. The van der Waals surface area contributed by atoms with Gasteiger partial charge in [0.15, 0.2) is 5.96 Å². The molecule has 0 aliphatic carbocycles. The van der Waals surface area contributed by atoms with Crippen molar-refractivity contribution in [3.63, 3.8) is 0 Å². The van der Waals surface area contributed by atoms with Crippen molar-refractivity contribution >= 4 is 33.5 Å². The molecule has 0 aliphatic heterocycles. The van der Waals surface area contributed by atoms with Gasteiger partial charge in [-0.05, 0) is 29.3 Å². The van der Waals surface area contributed by atoms with E-state index in [1.807, 2.05) is 18.2 Å². The lowest BCUT2D eigenvalue weighted by Crippen LogP contribution is -2.42. The number of nitrogens with two attached hydrogens (primary N) is 1. The van der Waals surface area contributed by atoms with E-state index in [9.17, 15) is 13.2 Å². The standard InChI is InChI=1S/C19H24ClN5O3S/c1-25(2)18(26)13-24-19(23-12-15-5-3-4-6-17(15)20)22-11-14-7-9-16(10-8-14)29(21,27)28/h3-10H,11-13H2,1-2H3,(H2,21,27,28)(H2,22,23,24). The lowest BCUT2D eigenvalue weighted by molar-refractivity contribution is -0.127. The number of amides is 1. The maximum Gasteiger partial charge on any atom is 0.241 e. The molecule has 0 fully saturated rings. The average Bonchev–Trinajstić information content (AvgIpc) is 2.67. The van der Waals surface area contributed by atoms with Crippen LogP contribution in [0.5, 0.6) is 0 Å². The molecule has 0 aliphatic rings. The zero-order valence-electron chi connectivity index (χ0n) is 16.2. The number of guanidine groups is 1. The van der Waals surface area contributed by atoms with Gasteiger partial charge in [-0.3, -0.25) is 4.79 Å². The van der Waals surface area contributed by atoms with Gasteiger partial charge in [-0.1, -0.05) is 41.9 Å². The van der Waals surface area contributed by atoms with Crippen molar-refractivity contribution in [2.24, 2.45) is 10.1 Å². The first-order chi connectivity index (χ1) is 13.7. The number of benzene rings is 2. The van der Waals surface area contributed by atoms with Crippen molar-refractivity contribution in [2.45, 2.75) is 18.0 Å². The quantitative estimate of drug-likeness (QED) is 0.446. The summed E-state index contributed by atoms with van der Waals surface area (Å²) in [4.78, 5) is 17.8. The van der Waals surface area contributed by atoms with Gasteiger partial charge in [0, 0.05) is 25.7 Å². The molecule has 156 valence electrons. The summed E-state index contributed by atoms with van der Waals surface area (Å²) in [6.07, 6.45) is 0. The van der Waals surface area contributed by atoms with E-state index in [0.717, 1.165) is 11.1 Å². The number of hydrogen-bond donors (Lipinski definition) is 3. The summed E-state index contributed by atoms with van der Waals surface area (Å²) in [5.74, 6) is 0.324. The van der Waals surface area contributed by atoms with Crippen LogP contribution in [0.3, 0.4) is 0 Å². The Labute approximate surface area is 175 Å². The highest BCUT2D eigenvalue weighted by Crippen LogP contribution is 2.14. The van der Waals surface area contributed by atoms with Crippen LogP contribution in [0.25, 0.3) is 0 Å². The van der Waals surface area contributed by atoms with Gasteiger partial charge in [0.25, 0.3) is 0 Å². The van der Waals surface area contributed by atoms with Crippen LogP contribution < -0.4 is 15.8 Å². The van der Waals surface area contributed by atoms with Gasteiger partial charge in [0.2, 0.25) is 15.9 Å². The molecule has 0 unspecified atom stereocenters. The van der Waals surface area contributed by atoms with Crippen LogP contribution in [0.15, 0.2) is 58.4 Å². The second-order valence-electron chi connectivity index (χ2n) is 6.44. The zero-order valence-corrected chi connectivity index (χ0v) is 17.8. The number of rotatable bonds is 7. The number of likely N-dealkylation sites (N-methyl/N-ethyl adjacent to an activating group) is 1. The summed E-state index contributed by atoms with van der Waals surface area (Å²) in [5.41, 5.74) is 1.68. The third kappa shape index (κ3) is 7.37. The smallest absolute Gasteiger partial charge is 0.241 e. The lowest BCUT2D eigenvalue weighted by atomic mass is 10.2. The number of carbonyl (C=O) groups excluding carboxylic acids is 1. The molecule has 10 heteroatoms. The van der Waals surface area contributed by atoms with E-state index < -0.39 is 10.0 Å². The van der Waals surface area contributed by atoms with Crippen LogP contribution in [0, 0.1) is 0 Å². The van der Waals surface area contributed by atoms with E-state index in [4.69, 9.17) is 16.7 Å². The molecule has 1 amide bonds. The van der Waals surface area contributed by atoms with Crippen LogP contribution in [0.4, 0.5) is 0 Å². The molecule has 4 N–H and O–H groups in total. The summed E-state index contributed by atoms with van der Waals surface area (Å²) in [6, 6.07) is 13.6. The number of primary sulfonamides is 1. The van der Waals surface area contributed by atoms with Crippen molar-refractivity contribution < 1.29 is 13.2 Å². The van der Waals surface area contributed by atoms with Crippen LogP contribution in [0.1, 0.15) is 11.1 Å². The van der Waals surface area contributed by atoms with E-state index in [1.54, 1.807) is 32.3 Å². The topological polar surface area (TPSA) is 117 Å². The highest BCUT2D eigenvalue weighted by atomic mass is 35.5. The Bertz CT molecular complexity index is 976. The molecule has 0 atom stereocenters. The minimum atomic E-state index is -3.74. The van der Waals surface area contributed by atoms with Gasteiger partial charge in [-0.25, -0.2) is 18.5 Å². The van der Waals surface area contributed by atoms with E-state index in [1.165, 1.54) is 17.0 Å². The molecule has 29 heavy (non-hydrogen) atoms. The number of sulfonamides is 1. The molecule has 0 spiro atoms. The van der Waals surface area contributed by atoms with Crippen LogP contribution in [-0.4, -0.2) is 45.8 Å². The van der Waals surface area contributed by atoms with Gasteiger partial charge in [-0.15, -0.1) is 0 Å². The molecule has 2 aromatic rings. The fourth-order valence-electron chi connectivity index (χ4n) is 2.27. The normalized spacial score (nSPS) is 11.8. The summed E-state index contributed by atoms with van der Waals surface area (Å²) in [6.45, 7) is 0.774. The maximum absolute atomic E-state index is 11.9. The predicted molar refractivity (Wildman–Crippen MR) is 114 cm³/mol. The number of halogens is 1. The predicted octanol–water partition coefficient (Wildman–Crippen LogP) is 1.31. The van der Waals surface area contributed by atoms with E-state index >= 15 is 0 Å². The van der Waals surface area contributed by atoms with Crippen molar-refractivity contribution in [2.75, 3.05) is 20.6 Å². The molecule has 2 aromatic carbocycles. The van der Waals surface area contributed by atoms with Crippen molar-refractivity contribution in [3.8, 4) is 0 Å². The molecule has 2 rings (SSSR count). The Morgan fingerprint density at radius 1 is 1.10 bits per heavy atom. The van der Waals surface area contributed by atoms with Gasteiger partial charge in [-0.2, -0.15) is 0 Å². The fourth-order valence-corrected chi connectivity index (χ4v) is 2.99. The first kappa shape index (κ1) is 22.7. The highest BCUT2D eigenvalue weighted by Gasteiger charge is 2.08. The first-order valence-electron chi connectivity index (χ1n) is 8.74. The Morgan fingerprint density at radius 3 is 2.34 bits per heavy atom. The van der Waals surface area contributed by atoms with Crippen molar-refractivity contribution in [1.82, 2.24) is 15.5 Å². The largest absolute Gasteiger partial charge is 0.352 e. The van der Waals surface area contributed by atoms with E-state index in [-0.39, 0.29) is 23.9 Å². The lowest BCUT2D eigenvalue weighted by Gasteiger charge is -2.15. The Kier molecular flexibility index (Phi) is 8.00. The fraction of sp³-hybridized carbons (Fsp3) is 0.263. The monoisotopic (exact) mass is 437 g/mol. The maximum atomic E-state index is 11.9. The molecular formula is C19H24ClN5O3S.